The SMILES string of the molecule is CCNC(=NCC(O)COc1ccc(F)cc1)NC1CCN(C(=O)C(CC)CC)CC1. The number of halogens is 1. The van der Waals surface area contributed by atoms with Crippen LogP contribution in [0.5, 0.6) is 5.75 Å². The summed E-state index contributed by atoms with van der Waals surface area (Å²) in [5.74, 6) is 1.22. The summed E-state index contributed by atoms with van der Waals surface area (Å²) in [6.45, 7) is 8.59. The highest BCUT2D eigenvalue weighted by molar-refractivity contribution is 5.80. The van der Waals surface area contributed by atoms with E-state index in [-0.39, 0.29) is 36.8 Å². The smallest absolute Gasteiger partial charge is 0.225 e. The number of nitrogens with zero attached hydrogens (tertiary/aromatic N) is 2. The maximum absolute atomic E-state index is 12.9. The monoisotopic (exact) mass is 436 g/mol. The van der Waals surface area contributed by atoms with Gasteiger partial charge in [-0.2, -0.15) is 0 Å². The van der Waals surface area contributed by atoms with Gasteiger partial charge in [0.1, 0.15) is 24.3 Å². The minimum absolute atomic E-state index is 0.0745. The van der Waals surface area contributed by atoms with E-state index in [1.165, 1.54) is 24.3 Å². The Morgan fingerprint density at radius 1 is 1.23 bits per heavy atom. The predicted octanol–water partition coefficient (Wildman–Crippen LogP) is 2.55. The van der Waals surface area contributed by atoms with Crippen molar-refractivity contribution in [1.82, 2.24) is 15.5 Å². The van der Waals surface area contributed by atoms with Crippen LogP contribution in [0.25, 0.3) is 0 Å². The van der Waals surface area contributed by atoms with Crippen molar-refractivity contribution in [1.29, 1.82) is 0 Å². The predicted molar refractivity (Wildman–Crippen MR) is 121 cm³/mol. The van der Waals surface area contributed by atoms with Crippen LogP contribution < -0.4 is 15.4 Å². The Hall–Kier alpha value is -2.35. The lowest BCUT2D eigenvalue weighted by atomic mass is 9.98. The number of guanidine groups is 1. The van der Waals surface area contributed by atoms with Crippen LogP contribution >= 0.6 is 0 Å². The van der Waals surface area contributed by atoms with Gasteiger partial charge in [-0.1, -0.05) is 13.8 Å². The molecule has 0 aromatic heterocycles. The van der Waals surface area contributed by atoms with Gasteiger partial charge in [0.15, 0.2) is 5.96 Å². The standard InChI is InChI=1S/C23H37FN4O3/c1-4-17(5-2)22(30)28-13-11-19(12-14-28)27-23(25-6-3)26-15-20(29)16-31-21-9-7-18(24)8-10-21/h7-10,17,19-20,29H,4-6,11-16H2,1-3H3,(H2,25,26,27). The number of amides is 1. The van der Waals surface area contributed by atoms with E-state index >= 15 is 0 Å². The first-order valence-electron chi connectivity index (χ1n) is 11.4. The fraction of sp³-hybridized carbons (Fsp3) is 0.652. The van der Waals surface area contributed by atoms with E-state index in [1.807, 2.05) is 11.8 Å². The first kappa shape index (κ1) is 24.9. The topological polar surface area (TPSA) is 86.2 Å². The van der Waals surface area contributed by atoms with E-state index in [1.54, 1.807) is 0 Å². The molecule has 1 saturated heterocycles. The quantitative estimate of drug-likeness (QED) is 0.388. The first-order valence-corrected chi connectivity index (χ1v) is 11.4. The number of carbonyl (C=O) groups excluding carboxylic acids is 1. The van der Waals surface area contributed by atoms with Gasteiger partial charge in [-0.25, -0.2) is 4.39 Å². The number of rotatable bonds is 10. The van der Waals surface area contributed by atoms with Gasteiger partial charge in [0.25, 0.3) is 0 Å². The molecule has 0 bridgehead atoms. The minimum atomic E-state index is -0.778. The molecule has 0 aliphatic carbocycles. The number of aliphatic imine (C=N–C) groups is 1. The lowest BCUT2D eigenvalue weighted by molar-refractivity contribution is -0.136. The molecule has 0 saturated carbocycles. The molecule has 1 atom stereocenters. The zero-order chi connectivity index (χ0) is 22.6. The van der Waals surface area contributed by atoms with Gasteiger partial charge in [0.05, 0.1) is 6.54 Å². The highest BCUT2D eigenvalue weighted by Gasteiger charge is 2.26. The molecule has 8 heteroatoms. The molecule has 1 fully saturated rings. The minimum Gasteiger partial charge on any atom is -0.491 e. The number of hydrogen-bond acceptors (Lipinski definition) is 4. The van der Waals surface area contributed by atoms with Crippen molar-refractivity contribution >= 4 is 11.9 Å². The lowest BCUT2D eigenvalue weighted by Crippen LogP contribution is -2.50. The Labute approximate surface area is 185 Å². The van der Waals surface area contributed by atoms with Gasteiger partial charge in [-0.3, -0.25) is 9.79 Å². The summed E-state index contributed by atoms with van der Waals surface area (Å²) in [7, 11) is 0. The summed E-state index contributed by atoms with van der Waals surface area (Å²) in [6, 6.07) is 5.91. The van der Waals surface area contributed by atoms with Gasteiger partial charge in [-0.05, 0) is 56.9 Å². The maximum Gasteiger partial charge on any atom is 0.225 e. The highest BCUT2D eigenvalue weighted by atomic mass is 19.1. The van der Waals surface area contributed by atoms with Crippen LogP contribution in [0, 0.1) is 11.7 Å². The first-order chi connectivity index (χ1) is 15.0. The van der Waals surface area contributed by atoms with Gasteiger partial charge in [-0.15, -0.1) is 0 Å². The number of hydrogen-bond donors (Lipinski definition) is 3. The van der Waals surface area contributed by atoms with Gasteiger partial charge < -0.3 is 25.4 Å². The number of aliphatic hydroxyl groups is 1. The van der Waals surface area contributed by atoms with Crippen molar-refractivity contribution in [3.05, 3.63) is 30.1 Å². The second kappa shape index (κ2) is 13.1. The Bertz CT molecular complexity index is 687. The number of aliphatic hydroxyl groups excluding tert-OH is 1. The number of carbonyl (C=O) groups is 1. The molecule has 1 heterocycles. The molecule has 2 rings (SSSR count). The van der Waals surface area contributed by atoms with Crippen LogP contribution in [0.4, 0.5) is 4.39 Å². The zero-order valence-corrected chi connectivity index (χ0v) is 18.9. The van der Waals surface area contributed by atoms with E-state index < -0.39 is 6.10 Å². The number of nitrogens with one attached hydrogen (secondary N) is 2. The molecule has 1 aromatic carbocycles. The maximum atomic E-state index is 12.9. The highest BCUT2D eigenvalue weighted by Crippen LogP contribution is 2.17. The molecule has 1 aliphatic heterocycles. The number of piperidine rings is 1. The lowest BCUT2D eigenvalue weighted by Gasteiger charge is -2.35. The Balaban J connectivity index is 1.79. The zero-order valence-electron chi connectivity index (χ0n) is 18.9. The summed E-state index contributed by atoms with van der Waals surface area (Å²) >= 11 is 0. The summed E-state index contributed by atoms with van der Waals surface area (Å²) in [5.41, 5.74) is 0. The van der Waals surface area contributed by atoms with Crippen molar-refractivity contribution < 1.29 is 19.0 Å². The second-order valence-corrected chi connectivity index (χ2v) is 7.90. The number of ether oxygens (including phenoxy) is 1. The molecule has 1 amide bonds. The molecule has 1 unspecified atom stereocenters. The van der Waals surface area contributed by atoms with Crippen molar-refractivity contribution in [2.45, 2.75) is 58.6 Å². The fourth-order valence-electron chi connectivity index (χ4n) is 3.63. The van der Waals surface area contributed by atoms with E-state index in [0.29, 0.717) is 18.3 Å². The van der Waals surface area contributed by atoms with Crippen LogP contribution in [0.3, 0.4) is 0 Å². The Morgan fingerprint density at radius 2 is 1.87 bits per heavy atom. The molecule has 0 radical (unpaired) electrons. The summed E-state index contributed by atoms with van der Waals surface area (Å²) < 4.78 is 18.4. The van der Waals surface area contributed by atoms with Crippen molar-refractivity contribution in [3.63, 3.8) is 0 Å². The molecule has 7 nitrogen and oxygen atoms in total. The second-order valence-electron chi connectivity index (χ2n) is 7.90. The third-order valence-electron chi connectivity index (χ3n) is 5.54. The summed E-state index contributed by atoms with van der Waals surface area (Å²) in [4.78, 5) is 19.0. The van der Waals surface area contributed by atoms with E-state index in [0.717, 1.165) is 38.8 Å². The van der Waals surface area contributed by atoms with Gasteiger partial charge >= 0.3 is 0 Å². The van der Waals surface area contributed by atoms with Crippen molar-refractivity contribution in [3.8, 4) is 5.75 Å². The van der Waals surface area contributed by atoms with Crippen LogP contribution in [0.15, 0.2) is 29.3 Å². The average molecular weight is 437 g/mol. The van der Waals surface area contributed by atoms with E-state index in [4.69, 9.17) is 4.74 Å². The van der Waals surface area contributed by atoms with Gasteiger partial charge in [0, 0.05) is 31.6 Å². The normalized spacial score (nSPS) is 16.3. The molecule has 174 valence electrons. The average Bonchev–Trinajstić information content (AvgIpc) is 2.78. The summed E-state index contributed by atoms with van der Waals surface area (Å²) in [6.07, 6.45) is 2.73. The third kappa shape index (κ3) is 8.36. The summed E-state index contributed by atoms with van der Waals surface area (Å²) in [5, 5.41) is 16.8. The van der Waals surface area contributed by atoms with E-state index in [9.17, 15) is 14.3 Å². The molecule has 0 spiro atoms. The molecule has 1 aliphatic rings. The fourth-order valence-corrected chi connectivity index (χ4v) is 3.63. The largest absolute Gasteiger partial charge is 0.491 e. The van der Waals surface area contributed by atoms with E-state index in [2.05, 4.69) is 29.5 Å². The molecular weight excluding hydrogens is 399 g/mol. The Kier molecular flexibility index (Phi) is 10.6. The van der Waals surface area contributed by atoms with Crippen LogP contribution in [0.1, 0.15) is 46.5 Å². The van der Waals surface area contributed by atoms with Crippen LogP contribution in [-0.4, -0.2) is 66.8 Å². The van der Waals surface area contributed by atoms with Gasteiger partial charge in [0.2, 0.25) is 5.91 Å². The third-order valence-corrected chi connectivity index (χ3v) is 5.54. The van der Waals surface area contributed by atoms with Crippen LogP contribution in [-0.2, 0) is 4.79 Å². The molecule has 31 heavy (non-hydrogen) atoms. The molecule has 3 N–H and O–H groups in total. The van der Waals surface area contributed by atoms with Crippen molar-refractivity contribution in [2.24, 2.45) is 10.9 Å². The van der Waals surface area contributed by atoms with Crippen LogP contribution in [0.2, 0.25) is 0 Å². The van der Waals surface area contributed by atoms with Crippen molar-refractivity contribution in [2.75, 3.05) is 32.8 Å². The molecular formula is C23H37FN4O3. The number of likely N-dealkylation sites (tertiary alicyclic amines) is 1. The number of benzene rings is 1. The Morgan fingerprint density at radius 3 is 2.45 bits per heavy atom. The molecule has 1 aromatic rings.